The van der Waals surface area contributed by atoms with E-state index in [2.05, 4.69) is 10.6 Å². The Morgan fingerprint density at radius 2 is 1.85 bits per heavy atom. The molecule has 0 saturated carbocycles. The van der Waals surface area contributed by atoms with Gasteiger partial charge in [-0.25, -0.2) is 0 Å². The number of hydrogen-bond donors (Lipinski definition) is 2. The lowest BCUT2D eigenvalue weighted by Gasteiger charge is -2.33. The van der Waals surface area contributed by atoms with Crippen molar-refractivity contribution in [3.8, 4) is 11.5 Å². The fourth-order valence-corrected chi connectivity index (χ4v) is 4.65. The number of carbonyl (C=O) groups excluding carboxylic acids is 2. The van der Waals surface area contributed by atoms with Crippen LogP contribution in [0.5, 0.6) is 11.5 Å². The number of benzene rings is 2. The lowest BCUT2D eigenvalue weighted by molar-refractivity contribution is -0.151. The van der Waals surface area contributed by atoms with E-state index in [1.165, 1.54) is 7.11 Å². The molecule has 0 unspecified atom stereocenters. The molecule has 0 fully saturated rings. The fourth-order valence-electron chi connectivity index (χ4n) is 4.65. The Labute approximate surface area is 194 Å². The first-order valence-corrected chi connectivity index (χ1v) is 11.3. The molecule has 2 N–H and O–H groups in total. The fraction of sp³-hybridized carbons (Fsp3) is 0.385. The van der Waals surface area contributed by atoms with E-state index in [1.54, 1.807) is 7.11 Å². The molecular weight excluding hydrogens is 420 g/mol. The summed E-state index contributed by atoms with van der Waals surface area (Å²) < 4.78 is 16.7. The van der Waals surface area contributed by atoms with Crippen molar-refractivity contribution in [3.63, 3.8) is 0 Å². The lowest BCUT2D eigenvalue weighted by Crippen LogP contribution is -2.39. The maximum absolute atomic E-state index is 13.8. The third-order valence-electron chi connectivity index (χ3n) is 6.22. The van der Waals surface area contributed by atoms with Gasteiger partial charge in [-0.3, -0.25) is 9.59 Å². The van der Waals surface area contributed by atoms with Gasteiger partial charge in [0.25, 0.3) is 0 Å². The average molecular weight is 451 g/mol. The molecule has 1 heterocycles. The lowest BCUT2D eigenvalue weighted by atomic mass is 9.74. The van der Waals surface area contributed by atoms with Crippen LogP contribution in [0.1, 0.15) is 38.3 Å². The summed E-state index contributed by atoms with van der Waals surface area (Å²) in [5.41, 5.74) is 3.84. The molecule has 0 spiro atoms. The molecule has 0 aromatic heterocycles. The summed E-state index contributed by atoms with van der Waals surface area (Å²) in [6.45, 7) is 4.45. The monoisotopic (exact) mass is 450 g/mol. The largest absolute Gasteiger partial charge is 0.493 e. The van der Waals surface area contributed by atoms with Crippen molar-refractivity contribution in [1.29, 1.82) is 0 Å². The first-order chi connectivity index (χ1) is 16.0. The van der Waals surface area contributed by atoms with Crippen molar-refractivity contribution >= 4 is 23.1 Å². The molecule has 33 heavy (non-hydrogen) atoms. The Morgan fingerprint density at radius 1 is 1.09 bits per heavy atom. The van der Waals surface area contributed by atoms with Crippen molar-refractivity contribution in [3.05, 3.63) is 59.3 Å². The molecule has 0 bridgehead atoms. The third-order valence-corrected chi connectivity index (χ3v) is 6.22. The number of anilines is 2. The van der Waals surface area contributed by atoms with Crippen molar-refractivity contribution in [2.45, 2.75) is 32.7 Å². The maximum atomic E-state index is 13.8. The van der Waals surface area contributed by atoms with Gasteiger partial charge in [-0.1, -0.05) is 38.1 Å². The Morgan fingerprint density at radius 3 is 2.55 bits per heavy atom. The molecule has 3 atom stereocenters. The van der Waals surface area contributed by atoms with Gasteiger partial charge in [-0.05, 0) is 37.0 Å². The Bertz CT molecular complexity index is 1090. The molecule has 1 aliphatic heterocycles. The summed E-state index contributed by atoms with van der Waals surface area (Å²) in [4.78, 5) is 26.4. The van der Waals surface area contributed by atoms with E-state index in [9.17, 15) is 9.59 Å². The van der Waals surface area contributed by atoms with Crippen molar-refractivity contribution in [2.24, 2.45) is 11.8 Å². The van der Waals surface area contributed by atoms with Crippen molar-refractivity contribution in [2.75, 3.05) is 31.5 Å². The van der Waals surface area contributed by atoms with Gasteiger partial charge in [0.15, 0.2) is 17.3 Å². The number of rotatable bonds is 6. The van der Waals surface area contributed by atoms with Gasteiger partial charge in [-0.2, -0.15) is 0 Å². The van der Waals surface area contributed by atoms with Crippen LogP contribution in [0.25, 0.3) is 0 Å². The highest BCUT2D eigenvalue weighted by atomic mass is 16.5. The molecule has 0 saturated heterocycles. The highest BCUT2D eigenvalue weighted by molar-refractivity contribution is 6.11. The van der Waals surface area contributed by atoms with Crippen LogP contribution in [0.2, 0.25) is 0 Å². The number of para-hydroxylation sites is 3. The summed E-state index contributed by atoms with van der Waals surface area (Å²) in [6, 6.07) is 12.9. The van der Waals surface area contributed by atoms with Crippen LogP contribution in [-0.4, -0.2) is 32.6 Å². The van der Waals surface area contributed by atoms with E-state index in [0.717, 1.165) is 29.1 Å². The zero-order valence-corrected chi connectivity index (χ0v) is 19.4. The predicted molar refractivity (Wildman–Crippen MR) is 127 cm³/mol. The summed E-state index contributed by atoms with van der Waals surface area (Å²) in [6.07, 6.45) is 1.37. The van der Waals surface area contributed by atoms with E-state index in [0.29, 0.717) is 30.1 Å². The standard InChI is InChI=1S/C26H30N2O5/c1-5-13-33-25-16(9-8-12-20(25)31-3)23-22-19(27-17-10-6-7-11-18(17)28-23)14-15(2)21(24(22)29)26(30)32-4/h6-12,15,21,23,27-28H,5,13-14H2,1-4H3/t15-,21+,23-/m1/s1. The second-order valence-corrected chi connectivity index (χ2v) is 8.41. The van der Waals surface area contributed by atoms with Crippen LogP contribution in [0.3, 0.4) is 0 Å². The highest BCUT2D eigenvalue weighted by Crippen LogP contribution is 2.47. The smallest absolute Gasteiger partial charge is 0.316 e. The summed E-state index contributed by atoms with van der Waals surface area (Å²) in [5.74, 6) is -0.608. The minimum absolute atomic E-state index is 0.191. The molecule has 1 aliphatic carbocycles. The average Bonchev–Trinajstić information content (AvgIpc) is 2.98. The quantitative estimate of drug-likeness (QED) is 0.487. The molecule has 7 nitrogen and oxygen atoms in total. The maximum Gasteiger partial charge on any atom is 0.316 e. The molecule has 0 radical (unpaired) electrons. The van der Waals surface area contributed by atoms with Gasteiger partial charge in [0.05, 0.1) is 38.2 Å². The predicted octanol–water partition coefficient (Wildman–Crippen LogP) is 4.71. The number of Topliss-reactive ketones (excluding diaryl/α,β-unsaturated/α-hetero) is 1. The van der Waals surface area contributed by atoms with Gasteiger partial charge in [-0.15, -0.1) is 0 Å². The summed E-state index contributed by atoms with van der Waals surface area (Å²) >= 11 is 0. The number of nitrogens with one attached hydrogen (secondary N) is 2. The van der Waals surface area contributed by atoms with Gasteiger partial charge in [0.1, 0.15) is 5.92 Å². The number of ketones is 1. The second kappa shape index (κ2) is 9.57. The van der Waals surface area contributed by atoms with Crippen LogP contribution >= 0.6 is 0 Å². The molecule has 0 amide bonds. The molecule has 2 aromatic carbocycles. The van der Waals surface area contributed by atoms with E-state index < -0.39 is 17.9 Å². The Kier molecular flexibility index (Phi) is 6.58. The van der Waals surface area contributed by atoms with Crippen LogP contribution in [0.4, 0.5) is 11.4 Å². The first-order valence-electron chi connectivity index (χ1n) is 11.3. The summed E-state index contributed by atoms with van der Waals surface area (Å²) in [7, 11) is 2.92. The zero-order chi connectivity index (χ0) is 23.5. The van der Waals surface area contributed by atoms with Crippen molar-refractivity contribution in [1.82, 2.24) is 0 Å². The Hall–Kier alpha value is -3.48. The van der Waals surface area contributed by atoms with Crippen LogP contribution in [0, 0.1) is 11.8 Å². The van der Waals surface area contributed by atoms with Crippen LogP contribution < -0.4 is 20.1 Å². The highest BCUT2D eigenvalue weighted by Gasteiger charge is 2.45. The summed E-state index contributed by atoms with van der Waals surface area (Å²) in [5, 5.41) is 7.00. The Balaban J connectivity index is 1.91. The zero-order valence-electron chi connectivity index (χ0n) is 19.4. The number of fused-ring (bicyclic) bond motifs is 1. The van der Waals surface area contributed by atoms with Gasteiger partial charge >= 0.3 is 5.97 Å². The topological polar surface area (TPSA) is 85.9 Å². The van der Waals surface area contributed by atoms with E-state index >= 15 is 0 Å². The SMILES string of the molecule is CCCOc1c(OC)cccc1[C@H]1Nc2ccccc2NC2=C1C(=O)[C@@H](C(=O)OC)[C@H](C)C2. The molecule has 7 heteroatoms. The number of hydrogen-bond acceptors (Lipinski definition) is 7. The first kappa shape index (κ1) is 22.7. The third kappa shape index (κ3) is 4.15. The van der Waals surface area contributed by atoms with Crippen LogP contribution in [0.15, 0.2) is 53.7 Å². The van der Waals surface area contributed by atoms with Gasteiger partial charge in [0, 0.05) is 16.8 Å². The molecule has 174 valence electrons. The van der Waals surface area contributed by atoms with E-state index in [-0.39, 0.29) is 11.7 Å². The van der Waals surface area contributed by atoms with E-state index in [1.807, 2.05) is 56.3 Å². The number of esters is 1. The molecule has 2 aliphatic rings. The minimum Gasteiger partial charge on any atom is -0.493 e. The number of methoxy groups -OCH3 is 2. The van der Waals surface area contributed by atoms with Crippen LogP contribution in [-0.2, 0) is 14.3 Å². The molecule has 4 rings (SSSR count). The number of allylic oxidation sites excluding steroid dienone is 1. The van der Waals surface area contributed by atoms with E-state index in [4.69, 9.17) is 14.2 Å². The second-order valence-electron chi connectivity index (χ2n) is 8.41. The number of carbonyl (C=O) groups is 2. The minimum atomic E-state index is -0.855. The van der Waals surface area contributed by atoms with Gasteiger partial charge in [0.2, 0.25) is 0 Å². The number of ether oxygens (including phenoxy) is 3. The molecular formula is C26H30N2O5. The van der Waals surface area contributed by atoms with Crippen molar-refractivity contribution < 1.29 is 23.8 Å². The normalized spacial score (nSPS) is 21.7. The molecule has 2 aromatic rings. The van der Waals surface area contributed by atoms with Gasteiger partial charge < -0.3 is 24.8 Å².